The lowest BCUT2D eigenvalue weighted by molar-refractivity contribution is -0.131. The third-order valence-electron chi connectivity index (χ3n) is 5.05. The molecule has 0 aromatic heterocycles. The second kappa shape index (κ2) is 5.37. The van der Waals surface area contributed by atoms with Crippen LogP contribution in [-0.2, 0) is 4.79 Å². The van der Waals surface area contributed by atoms with Crippen LogP contribution in [0.15, 0.2) is 18.2 Å². The highest BCUT2D eigenvalue weighted by Crippen LogP contribution is 2.39. The van der Waals surface area contributed by atoms with Crippen LogP contribution in [-0.4, -0.2) is 23.4 Å². The van der Waals surface area contributed by atoms with Crippen LogP contribution in [0.3, 0.4) is 0 Å². The molecule has 114 valence electrons. The molecule has 2 aliphatic rings. The lowest BCUT2D eigenvalue weighted by atomic mass is 9.96. The summed E-state index contributed by atoms with van der Waals surface area (Å²) in [4.78, 5) is 14.1. The Morgan fingerprint density at radius 1 is 1.19 bits per heavy atom. The minimum atomic E-state index is -0.874. The van der Waals surface area contributed by atoms with Gasteiger partial charge in [0.1, 0.15) is 6.17 Å². The number of hydrogen-bond acceptors (Lipinski definition) is 2. The molecule has 4 atom stereocenters. The average molecular weight is 294 g/mol. The normalized spacial score (nSPS) is 33.0. The van der Waals surface area contributed by atoms with Crippen molar-refractivity contribution in [3.63, 3.8) is 0 Å². The van der Waals surface area contributed by atoms with Gasteiger partial charge in [-0.15, -0.1) is 0 Å². The molecule has 4 unspecified atom stereocenters. The number of amides is 1. The predicted molar refractivity (Wildman–Crippen MR) is 75.3 cm³/mol. The van der Waals surface area contributed by atoms with Gasteiger partial charge in [0.05, 0.1) is 6.54 Å². The Bertz CT molecular complexity index is 563. The number of carbonyl (C=O) groups excluding carboxylic acids is 1. The number of nitrogens with zero attached hydrogens (tertiary/aromatic N) is 1. The lowest BCUT2D eigenvalue weighted by Crippen LogP contribution is -2.41. The Morgan fingerprint density at radius 3 is 2.57 bits per heavy atom. The van der Waals surface area contributed by atoms with Crippen molar-refractivity contribution >= 4 is 5.91 Å². The lowest BCUT2D eigenvalue weighted by Gasteiger charge is -2.34. The minimum Gasteiger partial charge on any atom is -0.319 e. The molecule has 3 rings (SSSR count). The summed E-state index contributed by atoms with van der Waals surface area (Å²) in [5.41, 5.74) is 0.603. The molecule has 21 heavy (non-hydrogen) atoms. The van der Waals surface area contributed by atoms with Gasteiger partial charge in [-0.2, -0.15) is 0 Å². The van der Waals surface area contributed by atoms with Crippen molar-refractivity contribution < 1.29 is 13.6 Å². The van der Waals surface area contributed by atoms with Gasteiger partial charge in [0.15, 0.2) is 11.6 Å². The van der Waals surface area contributed by atoms with Gasteiger partial charge in [-0.05, 0) is 42.4 Å². The maximum atomic E-state index is 13.5. The van der Waals surface area contributed by atoms with Crippen molar-refractivity contribution in [2.75, 3.05) is 6.54 Å². The second-order valence-electron chi connectivity index (χ2n) is 6.24. The van der Waals surface area contributed by atoms with Gasteiger partial charge < -0.3 is 4.90 Å². The molecule has 1 aliphatic heterocycles. The molecule has 0 radical (unpaired) electrons. The number of carbonyl (C=O) groups is 1. The third-order valence-corrected chi connectivity index (χ3v) is 5.05. The molecule has 1 N–H and O–H groups in total. The number of halogens is 2. The van der Waals surface area contributed by atoms with E-state index in [-0.39, 0.29) is 24.7 Å². The van der Waals surface area contributed by atoms with Crippen LogP contribution in [0.1, 0.15) is 38.4 Å². The van der Waals surface area contributed by atoms with E-state index in [1.165, 1.54) is 6.07 Å². The Labute approximate surface area is 123 Å². The summed E-state index contributed by atoms with van der Waals surface area (Å²) < 4.78 is 26.6. The van der Waals surface area contributed by atoms with Crippen molar-refractivity contribution in [3.05, 3.63) is 35.4 Å². The van der Waals surface area contributed by atoms with Crippen LogP contribution in [0.4, 0.5) is 8.78 Å². The fraction of sp³-hybridized carbons (Fsp3) is 0.562. The zero-order chi connectivity index (χ0) is 15.1. The quantitative estimate of drug-likeness (QED) is 0.909. The first kappa shape index (κ1) is 14.4. The van der Waals surface area contributed by atoms with Gasteiger partial charge in [0, 0.05) is 6.04 Å². The Balaban J connectivity index is 1.90. The van der Waals surface area contributed by atoms with Gasteiger partial charge in [0.2, 0.25) is 5.91 Å². The fourth-order valence-electron chi connectivity index (χ4n) is 3.59. The van der Waals surface area contributed by atoms with Crippen LogP contribution in [0, 0.1) is 23.5 Å². The maximum absolute atomic E-state index is 13.5. The molecular weight excluding hydrogens is 274 g/mol. The molecule has 1 amide bonds. The zero-order valence-corrected chi connectivity index (χ0v) is 12.3. The molecule has 0 spiro atoms. The number of benzene rings is 1. The largest absolute Gasteiger partial charge is 0.319 e. The number of hydrogen-bond donors (Lipinski definition) is 1. The maximum Gasteiger partial charge on any atom is 0.238 e. The first-order valence-corrected chi connectivity index (χ1v) is 7.48. The van der Waals surface area contributed by atoms with Crippen LogP contribution >= 0.6 is 0 Å². The molecule has 1 aromatic carbocycles. The zero-order valence-electron chi connectivity index (χ0n) is 12.3. The van der Waals surface area contributed by atoms with E-state index in [1.807, 2.05) is 4.90 Å². The van der Waals surface area contributed by atoms with E-state index in [2.05, 4.69) is 19.2 Å². The standard InChI is InChI=1S/C16H20F2N2O/c1-9-3-6-14(10(9)2)20-15(21)8-19-16(20)11-4-5-12(17)13(18)7-11/h4-5,7,9-10,14,16,19H,3,6,8H2,1-2H3. The third kappa shape index (κ3) is 2.44. The minimum absolute atomic E-state index is 0.0377. The van der Waals surface area contributed by atoms with Crippen LogP contribution in [0.2, 0.25) is 0 Å². The molecule has 1 saturated heterocycles. The molecule has 3 nitrogen and oxygen atoms in total. The topological polar surface area (TPSA) is 32.3 Å². The van der Waals surface area contributed by atoms with Crippen molar-refractivity contribution in [1.29, 1.82) is 0 Å². The number of nitrogens with one attached hydrogen (secondary N) is 1. The van der Waals surface area contributed by atoms with E-state index in [0.29, 0.717) is 17.4 Å². The second-order valence-corrected chi connectivity index (χ2v) is 6.24. The van der Waals surface area contributed by atoms with Crippen molar-refractivity contribution in [2.24, 2.45) is 11.8 Å². The van der Waals surface area contributed by atoms with Gasteiger partial charge in [-0.25, -0.2) is 8.78 Å². The van der Waals surface area contributed by atoms with E-state index < -0.39 is 11.6 Å². The van der Waals surface area contributed by atoms with Crippen LogP contribution in [0.25, 0.3) is 0 Å². The summed E-state index contributed by atoms with van der Waals surface area (Å²) in [6.45, 7) is 4.61. The van der Waals surface area contributed by atoms with Gasteiger partial charge in [-0.1, -0.05) is 19.9 Å². The molecule has 0 bridgehead atoms. The van der Waals surface area contributed by atoms with Crippen LogP contribution < -0.4 is 5.32 Å². The highest BCUT2D eigenvalue weighted by molar-refractivity contribution is 5.81. The summed E-state index contributed by atoms with van der Waals surface area (Å²) in [7, 11) is 0. The first-order chi connectivity index (χ1) is 9.99. The number of rotatable bonds is 2. The van der Waals surface area contributed by atoms with E-state index in [1.54, 1.807) is 6.07 Å². The van der Waals surface area contributed by atoms with Crippen molar-refractivity contribution in [3.8, 4) is 0 Å². The molecular formula is C16H20F2N2O. The summed E-state index contributed by atoms with van der Waals surface area (Å²) in [5.74, 6) is -0.703. The van der Waals surface area contributed by atoms with Gasteiger partial charge in [0.25, 0.3) is 0 Å². The summed E-state index contributed by atoms with van der Waals surface area (Å²) in [5, 5.41) is 3.12. The first-order valence-electron chi connectivity index (χ1n) is 7.48. The van der Waals surface area contributed by atoms with Crippen LogP contribution in [0.5, 0.6) is 0 Å². The Kier molecular flexibility index (Phi) is 3.69. The monoisotopic (exact) mass is 294 g/mol. The Morgan fingerprint density at radius 2 is 1.95 bits per heavy atom. The average Bonchev–Trinajstić information content (AvgIpc) is 2.98. The predicted octanol–water partition coefficient (Wildman–Crippen LogP) is 2.83. The molecule has 1 heterocycles. The summed E-state index contributed by atoms with van der Waals surface area (Å²) in [6, 6.07) is 4.01. The summed E-state index contributed by atoms with van der Waals surface area (Å²) in [6.07, 6.45) is 1.71. The van der Waals surface area contributed by atoms with Gasteiger partial charge in [-0.3, -0.25) is 10.1 Å². The fourth-order valence-corrected chi connectivity index (χ4v) is 3.59. The highest BCUT2D eigenvalue weighted by atomic mass is 19.2. The highest BCUT2D eigenvalue weighted by Gasteiger charge is 2.42. The molecule has 1 aliphatic carbocycles. The van der Waals surface area contributed by atoms with Crippen molar-refractivity contribution in [1.82, 2.24) is 10.2 Å². The Hall–Kier alpha value is -1.49. The van der Waals surface area contributed by atoms with E-state index >= 15 is 0 Å². The van der Waals surface area contributed by atoms with Crippen molar-refractivity contribution in [2.45, 2.75) is 38.9 Å². The molecule has 5 heteroatoms. The molecule has 1 aromatic rings. The summed E-state index contributed by atoms with van der Waals surface area (Å²) >= 11 is 0. The van der Waals surface area contributed by atoms with E-state index in [9.17, 15) is 13.6 Å². The molecule has 2 fully saturated rings. The van der Waals surface area contributed by atoms with E-state index in [4.69, 9.17) is 0 Å². The van der Waals surface area contributed by atoms with E-state index in [0.717, 1.165) is 18.9 Å². The SMILES string of the molecule is CC1CCC(N2C(=O)CNC2c2ccc(F)c(F)c2)C1C. The molecule has 1 saturated carbocycles. The smallest absolute Gasteiger partial charge is 0.238 e. The van der Waals surface area contributed by atoms with Gasteiger partial charge >= 0.3 is 0 Å².